The minimum Gasteiger partial charge on any atom is -0.369 e. The van der Waals surface area contributed by atoms with Crippen LogP contribution in [-0.2, 0) is 6.42 Å². The van der Waals surface area contributed by atoms with E-state index in [4.69, 9.17) is 11.6 Å². The van der Waals surface area contributed by atoms with Crippen molar-refractivity contribution in [2.45, 2.75) is 13.3 Å². The number of anilines is 2. The molecule has 2 aromatic carbocycles. The number of fused-ring (bicyclic) bond motifs is 1. The standard InChI is InChI=1S/C18H19ClFN3O/c1-12-15(19)3-2-4-16(12)22-18(24)21-8-10-23-9-7-13-11-14(20)5-6-17(13)23/h2-6,11H,7-10H2,1H3,(H2,21,22,24). The van der Waals surface area contributed by atoms with Crippen molar-refractivity contribution in [3.05, 3.63) is 58.4 Å². The highest BCUT2D eigenvalue weighted by Gasteiger charge is 2.19. The fraction of sp³-hybridized carbons (Fsp3) is 0.278. The third-order valence-electron chi connectivity index (χ3n) is 4.22. The lowest BCUT2D eigenvalue weighted by Gasteiger charge is -2.19. The number of rotatable bonds is 4. The number of benzene rings is 2. The van der Waals surface area contributed by atoms with E-state index in [2.05, 4.69) is 15.5 Å². The molecule has 0 radical (unpaired) electrons. The summed E-state index contributed by atoms with van der Waals surface area (Å²) in [5.41, 5.74) is 3.60. The third-order valence-corrected chi connectivity index (χ3v) is 4.63. The number of amides is 2. The van der Waals surface area contributed by atoms with Crippen LogP contribution in [0.25, 0.3) is 0 Å². The van der Waals surface area contributed by atoms with E-state index in [0.29, 0.717) is 23.8 Å². The number of hydrogen-bond acceptors (Lipinski definition) is 2. The molecular weight excluding hydrogens is 329 g/mol. The molecule has 0 unspecified atom stereocenters. The lowest BCUT2D eigenvalue weighted by atomic mass is 10.2. The van der Waals surface area contributed by atoms with E-state index in [1.807, 2.05) is 13.0 Å². The minimum absolute atomic E-state index is 0.204. The Labute approximate surface area is 145 Å². The molecule has 0 aliphatic carbocycles. The molecule has 0 bridgehead atoms. The molecule has 6 heteroatoms. The van der Waals surface area contributed by atoms with E-state index in [0.717, 1.165) is 29.8 Å². The van der Waals surface area contributed by atoms with Crippen molar-refractivity contribution < 1.29 is 9.18 Å². The zero-order valence-electron chi connectivity index (χ0n) is 13.4. The number of urea groups is 1. The Morgan fingerprint density at radius 2 is 2.17 bits per heavy atom. The van der Waals surface area contributed by atoms with E-state index in [-0.39, 0.29) is 11.8 Å². The summed E-state index contributed by atoms with van der Waals surface area (Å²) >= 11 is 6.04. The zero-order chi connectivity index (χ0) is 17.1. The summed E-state index contributed by atoms with van der Waals surface area (Å²) in [5, 5.41) is 6.26. The normalized spacial score (nSPS) is 12.9. The van der Waals surface area contributed by atoms with Gasteiger partial charge < -0.3 is 15.5 Å². The minimum atomic E-state index is -0.265. The molecule has 2 amide bonds. The van der Waals surface area contributed by atoms with Gasteiger partial charge in [-0.05, 0) is 54.8 Å². The van der Waals surface area contributed by atoms with E-state index in [9.17, 15) is 9.18 Å². The highest BCUT2D eigenvalue weighted by molar-refractivity contribution is 6.31. The Morgan fingerprint density at radius 1 is 1.33 bits per heavy atom. The number of nitrogens with zero attached hydrogens (tertiary/aromatic N) is 1. The van der Waals surface area contributed by atoms with Gasteiger partial charge in [-0.15, -0.1) is 0 Å². The van der Waals surface area contributed by atoms with Crippen LogP contribution in [0.1, 0.15) is 11.1 Å². The highest BCUT2D eigenvalue weighted by Crippen LogP contribution is 2.28. The van der Waals surface area contributed by atoms with Gasteiger partial charge in [0, 0.05) is 36.0 Å². The fourth-order valence-electron chi connectivity index (χ4n) is 2.88. The van der Waals surface area contributed by atoms with Crippen molar-refractivity contribution in [3.8, 4) is 0 Å². The van der Waals surface area contributed by atoms with Crippen molar-refractivity contribution in [1.82, 2.24) is 5.32 Å². The van der Waals surface area contributed by atoms with Gasteiger partial charge in [0.1, 0.15) is 5.82 Å². The number of hydrogen-bond donors (Lipinski definition) is 2. The van der Waals surface area contributed by atoms with Crippen LogP contribution in [0.5, 0.6) is 0 Å². The summed E-state index contributed by atoms with van der Waals surface area (Å²) in [7, 11) is 0. The van der Waals surface area contributed by atoms with Crippen LogP contribution >= 0.6 is 11.6 Å². The van der Waals surface area contributed by atoms with Gasteiger partial charge in [-0.2, -0.15) is 0 Å². The molecule has 0 spiro atoms. The number of nitrogens with one attached hydrogen (secondary N) is 2. The summed E-state index contributed by atoms with van der Waals surface area (Å²) in [5.74, 6) is -0.204. The molecule has 0 aromatic heterocycles. The second-order valence-electron chi connectivity index (χ2n) is 5.80. The summed E-state index contributed by atoms with van der Waals surface area (Å²) < 4.78 is 13.2. The molecule has 0 saturated carbocycles. The van der Waals surface area contributed by atoms with Gasteiger partial charge in [0.2, 0.25) is 0 Å². The van der Waals surface area contributed by atoms with Crippen LogP contribution in [-0.4, -0.2) is 25.7 Å². The Morgan fingerprint density at radius 3 is 3.00 bits per heavy atom. The molecule has 0 fully saturated rings. The lowest BCUT2D eigenvalue weighted by Crippen LogP contribution is -2.36. The highest BCUT2D eigenvalue weighted by atomic mass is 35.5. The van der Waals surface area contributed by atoms with Gasteiger partial charge >= 0.3 is 6.03 Å². The molecule has 0 saturated heterocycles. The van der Waals surface area contributed by atoms with Crippen molar-refractivity contribution in [2.24, 2.45) is 0 Å². The van der Waals surface area contributed by atoms with Crippen LogP contribution in [0.3, 0.4) is 0 Å². The van der Waals surface area contributed by atoms with Crippen LogP contribution in [0.2, 0.25) is 5.02 Å². The molecule has 4 nitrogen and oxygen atoms in total. The quantitative estimate of drug-likeness (QED) is 0.879. The van der Waals surface area contributed by atoms with Crippen molar-refractivity contribution in [2.75, 3.05) is 29.9 Å². The molecule has 1 aliphatic rings. The molecule has 24 heavy (non-hydrogen) atoms. The predicted molar refractivity (Wildman–Crippen MR) is 95.5 cm³/mol. The van der Waals surface area contributed by atoms with E-state index in [1.54, 1.807) is 24.3 Å². The first-order valence-electron chi connectivity index (χ1n) is 7.88. The first kappa shape index (κ1) is 16.6. The number of carbonyl (C=O) groups is 1. The smallest absolute Gasteiger partial charge is 0.319 e. The first-order chi connectivity index (χ1) is 11.5. The van der Waals surface area contributed by atoms with Gasteiger partial charge in [-0.1, -0.05) is 17.7 Å². The Kier molecular flexibility index (Phi) is 4.90. The fourth-order valence-corrected chi connectivity index (χ4v) is 3.06. The van der Waals surface area contributed by atoms with Gasteiger partial charge in [0.05, 0.1) is 0 Å². The first-order valence-corrected chi connectivity index (χ1v) is 8.26. The summed E-state index contributed by atoms with van der Waals surface area (Å²) in [6.07, 6.45) is 0.834. The van der Waals surface area contributed by atoms with E-state index >= 15 is 0 Å². The number of carbonyl (C=O) groups excluding carboxylic acids is 1. The maximum Gasteiger partial charge on any atom is 0.319 e. The predicted octanol–water partition coefficient (Wildman–Crippen LogP) is 3.97. The average Bonchev–Trinajstić information content (AvgIpc) is 2.94. The van der Waals surface area contributed by atoms with Crippen LogP contribution in [0, 0.1) is 12.7 Å². The van der Waals surface area contributed by atoms with Gasteiger partial charge in [-0.25, -0.2) is 9.18 Å². The second-order valence-corrected chi connectivity index (χ2v) is 6.21. The largest absolute Gasteiger partial charge is 0.369 e. The molecule has 0 atom stereocenters. The monoisotopic (exact) mass is 347 g/mol. The summed E-state index contributed by atoms with van der Waals surface area (Å²) in [6.45, 7) is 3.89. The average molecular weight is 348 g/mol. The molecular formula is C18H19ClFN3O. The molecule has 126 valence electrons. The van der Waals surface area contributed by atoms with Crippen molar-refractivity contribution in [1.29, 1.82) is 0 Å². The molecule has 2 aromatic rings. The second kappa shape index (κ2) is 7.09. The van der Waals surface area contributed by atoms with Gasteiger partial charge in [0.15, 0.2) is 0 Å². The zero-order valence-corrected chi connectivity index (χ0v) is 14.2. The SMILES string of the molecule is Cc1c(Cl)cccc1NC(=O)NCCN1CCc2cc(F)ccc21. The van der Waals surface area contributed by atoms with Crippen LogP contribution in [0.4, 0.5) is 20.6 Å². The van der Waals surface area contributed by atoms with Crippen LogP contribution < -0.4 is 15.5 Å². The Hall–Kier alpha value is -2.27. The summed E-state index contributed by atoms with van der Waals surface area (Å²) in [6, 6.07) is 9.98. The molecule has 3 rings (SSSR count). The van der Waals surface area contributed by atoms with E-state index in [1.165, 1.54) is 6.07 Å². The molecule has 1 heterocycles. The van der Waals surface area contributed by atoms with Gasteiger partial charge in [0.25, 0.3) is 0 Å². The van der Waals surface area contributed by atoms with Crippen molar-refractivity contribution in [3.63, 3.8) is 0 Å². The maximum atomic E-state index is 13.2. The van der Waals surface area contributed by atoms with E-state index < -0.39 is 0 Å². The van der Waals surface area contributed by atoms with Gasteiger partial charge in [-0.3, -0.25) is 0 Å². The van der Waals surface area contributed by atoms with Crippen LogP contribution in [0.15, 0.2) is 36.4 Å². The molecule has 1 aliphatic heterocycles. The number of halogens is 2. The maximum absolute atomic E-state index is 13.2. The molecule has 2 N–H and O–H groups in total. The Bertz CT molecular complexity index is 766. The Balaban J connectivity index is 1.51. The summed E-state index contributed by atoms with van der Waals surface area (Å²) in [4.78, 5) is 14.2. The van der Waals surface area contributed by atoms with Crippen molar-refractivity contribution >= 4 is 29.0 Å². The lowest BCUT2D eigenvalue weighted by molar-refractivity contribution is 0.252. The topological polar surface area (TPSA) is 44.4 Å². The third kappa shape index (κ3) is 3.62.